The summed E-state index contributed by atoms with van der Waals surface area (Å²) in [5.41, 5.74) is -1.88. The molecule has 4 rings (SSSR count). The van der Waals surface area contributed by atoms with Crippen molar-refractivity contribution < 1.29 is 37.3 Å². The fourth-order valence-electron chi connectivity index (χ4n) is 5.04. The van der Waals surface area contributed by atoms with Crippen LogP contribution in [-0.2, 0) is 4.79 Å². The standard InChI is InChI=1S/C26H29F4N3O4/c1-3-25(2)22(15-23(35)36)33(31-24(25)26(28,29)30)16-4-7-18(8-5-16)37-19-10-12-32(13-11-19)21-14-17(34)6-9-20(21)27/h4-9,14,19,22,34H,3,10-13,15H2,1-2H3,(H,35,36)/p-1/t22-,25-/m0/s1. The molecular formula is C26H28F4N3O4-. The zero-order valence-electron chi connectivity index (χ0n) is 20.5. The molecule has 2 aromatic rings. The number of carbonyl (C=O) groups is 1. The van der Waals surface area contributed by atoms with Gasteiger partial charge < -0.3 is 24.6 Å². The Morgan fingerprint density at radius 2 is 1.84 bits per heavy atom. The van der Waals surface area contributed by atoms with E-state index in [4.69, 9.17) is 4.74 Å². The molecule has 1 fully saturated rings. The molecule has 1 N–H and O–H groups in total. The third kappa shape index (κ3) is 5.45. The molecule has 200 valence electrons. The van der Waals surface area contributed by atoms with Gasteiger partial charge in [-0.05, 0) is 42.8 Å². The van der Waals surface area contributed by atoms with E-state index in [1.165, 1.54) is 25.1 Å². The molecule has 0 radical (unpaired) electrons. The van der Waals surface area contributed by atoms with E-state index < -0.39 is 41.6 Å². The minimum Gasteiger partial charge on any atom is -0.550 e. The van der Waals surface area contributed by atoms with Gasteiger partial charge in [-0.25, -0.2) is 4.39 Å². The number of carboxylic acids is 1. The Morgan fingerprint density at radius 1 is 1.19 bits per heavy atom. The molecule has 2 atom stereocenters. The van der Waals surface area contributed by atoms with Crippen LogP contribution in [0.4, 0.5) is 28.9 Å². The van der Waals surface area contributed by atoms with E-state index in [1.54, 1.807) is 31.2 Å². The van der Waals surface area contributed by atoms with Crippen LogP contribution in [0.25, 0.3) is 0 Å². The highest BCUT2D eigenvalue weighted by molar-refractivity contribution is 5.99. The van der Waals surface area contributed by atoms with E-state index >= 15 is 0 Å². The number of carboxylic acid groups (broad SMARTS) is 1. The fraction of sp³-hybridized carbons (Fsp3) is 0.462. The summed E-state index contributed by atoms with van der Waals surface area (Å²) in [5, 5.41) is 26.0. The number of aliphatic carboxylic acids is 1. The Hall–Kier alpha value is -3.50. The van der Waals surface area contributed by atoms with Crippen LogP contribution in [-0.4, -0.2) is 48.2 Å². The van der Waals surface area contributed by atoms with Crippen molar-refractivity contribution in [1.82, 2.24) is 0 Å². The van der Waals surface area contributed by atoms with Crippen molar-refractivity contribution in [1.29, 1.82) is 0 Å². The number of phenols is 1. The van der Waals surface area contributed by atoms with Crippen LogP contribution in [0.15, 0.2) is 47.6 Å². The van der Waals surface area contributed by atoms with Crippen LogP contribution in [0, 0.1) is 11.2 Å². The van der Waals surface area contributed by atoms with Crippen LogP contribution in [0.2, 0.25) is 0 Å². The Balaban J connectivity index is 1.46. The Labute approximate surface area is 211 Å². The van der Waals surface area contributed by atoms with E-state index in [2.05, 4.69) is 5.10 Å². The molecule has 0 spiro atoms. The minimum atomic E-state index is -4.71. The summed E-state index contributed by atoms with van der Waals surface area (Å²) in [7, 11) is 0. The molecule has 2 aromatic carbocycles. The monoisotopic (exact) mass is 522 g/mol. The predicted octanol–water partition coefficient (Wildman–Crippen LogP) is 4.24. The maximum absolute atomic E-state index is 14.1. The maximum Gasteiger partial charge on any atom is 0.431 e. The van der Waals surface area contributed by atoms with Crippen molar-refractivity contribution in [3.63, 3.8) is 0 Å². The highest BCUT2D eigenvalue weighted by atomic mass is 19.4. The van der Waals surface area contributed by atoms with Crippen LogP contribution >= 0.6 is 0 Å². The molecule has 0 amide bonds. The number of nitrogens with zero attached hydrogens (tertiary/aromatic N) is 3. The van der Waals surface area contributed by atoms with Crippen LogP contribution in [0.1, 0.15) is 39.5 Å². The van der Waals surface area contributed by atoms with Gasteiger partial charge in [-0.3, -0.25) is 5.01 Å². The van der Waals surface area contributed by atoms with Gasteiger partial charge in [0.25, 0.3) is 0 Å². The fourth-order valence-corrected chi connectivity index (χ4v) is 5.04. The van der Waals surface area contributed by atoms with Gasteiger partial charge in [0.05, 0.1) is 17.4 Å². The minimum absolute atomic E-state index is 0.0133. The SMILES string of the molecule is CC[C@]1(C)C(C(F)(F)F)=NN(c2ccc(OC3CCN(c4cc(O)ccc4F)CC3)cc2)[C@H]1CC(=O)[O-]. The number of benzene rings is 2. The van der Waals surface area contributed by atoms with E-state index in [0.29, 0.717) is 43.1 Å². The van der Waals surface area contributed by atoms with Crippen molar-refractivity contribution in [3.05, 3.63) is 48.3 Å². The number of hydrazone groups is 1. The Morgan fingerprint density at radius 3 is 2.41 bits per heavy atom. The second kappa shape index (κ2) is 10.1. The van der Waals surface area contributed by atoms with Crippen molar-refractivity contribution in [3.8, 4) is 11.5 Å². The second-order valence-corrected chi connectivity index (χ2v) is 9.59. The third-order valence-corrected chi connectivity index (χ3v) is 7.26. The van der Waals surface area contributed by atoms with E-state index in [1.807, 2.05) is 4.90 Å². The normalized spacial score (nSPS) is 22.8. The quantitative estimate of drug-likeness (QED) is 0.548. The number of piperidine rings is 1. The molecule has 0 aliphatic carbocycles. The molecule has 1 saturated heterocycles. The number of aromatic hydroxyl groups is 1. The summed E-state index contributed by atoms with van der Waals surface area (Å²) in [6, 6.07) is 9.15. The highest BCUT2D eigenvalue weighted by Crippen LogP contribution is 2.46. The zero-order valence-corrected chi connectivity index (χ0v) is 20.5. The zero-order chi connectivity index (χ0) is 27.0. The smallest absolute Gasteiger partial charge is 0.431 e. The molecule has 2 aliphatic heterocycles. The van der Waals surface area contributed by atoms with Gasteiger partial charge in [-0.2, -0.15) is 18.3 Å². The lowest BCUT2D eigenvalue weighted by Crippen LogP contribution is -2.48. The molecule has 11 heteroatoms. The third-order valence-electron chi connectivity index (χ3n) is 7.26. The van der Waals surface area contributed by atoms with Crippen LogP contribution in [0.5, 0.6) is 11.5 Å². The number of anilines is 2. The predicted molar refractivity (Wildman–Crippen MR) is 128 cm³/mol. The Kier molecular flexibility index (Phi) is 7.25. The number of halogens is 4. The number of carbonyl (C=O) groups excluding carboxylic acids is 1. The average Bonchev–Trinajstić information content (AvgIpc) is 3.14. The molecule has 0 saturated carbocycles. The molecule has 2 aliphatic rings. The summed E-state index contributed by atoms with van der Waals surface area (Å²) in [6.07, 6.45) is -4.22. The number of hydrogen-bond donors (Lipinski definition) is 1. The second-order valence-electron chi connectivity index (χ2n) is 9.59. The number of rotatable bonds is 7. The van der Waals surface area contributed by atoms with Gasteiger partial charge in [0.1, 0.15) is 29.1 Å². The van der Waals surface area contributed by atoms with Gasteiger partial charge >= 0.3 is 6.18 Å². The summed E-state index contributed by atoms with van der Waals surface area (Å²) in [4.78, 5) is 13.2. The van der Waals surface area contributed by atoms with E-state index in [0.717, 1.165) is 5.01 Å². The summed E-state index contributed by atoms with van der Waals surface area (Å²) in [6.45, 7) is 3.99. The number of hydrogen-bond acceptors (Lipinski definition) is 7. The molecule has 0 unspecified atom stereocenters. The van der Waals surface area contributed by atoms with Crippen molar-refractivity contribution >= 4 is 23.1 Å². The van der Waals surface area contributed by atoms with Crippen molar-refractivity contribution in [2.24, 2.45) is 10.5 Å². The van der Waals surface area contributed by atoms with Gasteiger partial charge in [0.15, 0.2) is 0 Å². The molecular weight excluding hydrogens is 494 g/mol. The number of ether oxygens (including phenoxy) is 1. The molecule has 37 heavy (non-hydrogen) atoms. The summed E-state index contributed by atoms with van der Waals surface area (Å²) >= 11 is 0. The van der Waals surface area contributed by atoms with Crippen LogP contribution in [0.3, 0.4) is 0 Å². The average molecular weight is 523 g/mol. The summed E-state index contributed by atoms with van der Waals surface area (Å²) < 4.78 is 61.5. The Bertz CT molecular complexity index is 1160. The first-order valence-corrected chi connectivity index (χ1v) is 12.1. The van der Waals surface area contributed by atoms with Crippen molar-refractivity contribution in [2.75, 3.05) is 23.0 Å². The number of alkyl halides is 3. The first kappa shape index (κ1) is 26.6. The maximum atomic E-state index is 14.1. The molecule has 2 heterocycles. The lowest BCUT2D eigenvalue weighted by Gasteiger charge is -2.36. The lowest BCUT2D eigenvalue weighted by atomic mass is 9.74. The summed E-state index contributed by atoms with van der Waals surface area (Å²) in [5.74, 6) is -1.38. The topological polar surface area (TPSA) is 88.4 Å². The van der Waals surface area contributed by atoms with E-state index in [-0.39, 0.29) is 18.3 Å². The molecule has 7 nitrogen and oxygen atoms in total. The first-order chi connectivity index (χ1) is 17.4. The number of phenolic OH excluding ortho intramolecular Hbond substituents is 1. The van der Waals surface area contributed by atoms with Gasteiger partial charge in [0.2, 0.25) is 0 Å². The largest absolute Gasteiger partial charge is 0.550 e. The van der Waals surface area contributed by atoms with Gasteiger partial charge in [0, 0.05) is 49.8 Å². The molecule has 0 aromatic heterocycles. The van der Waals surface area contributed by atoms with Gasteiger partial charge in [-0.15, -0.1) is 0 Å². The lowest BCUT2D eigenvalue weighted by molar-refractivity contribution is -0.306. The first-order valence-electron chi connectivity index (χ1n) is 12.1. The van der Waals surface area contributed by atoms with Crippen molar-refractivity contribution in [2.45, 2.75) is 57.9 Å². The molecule has 0 bridgehead atoms. The van der Waals surface area contributed by atoms with Gasteiger partial charge in [-0.1, -0.05) is 13.8 Å². The van der Waals surface area contributed by atoms with E-state index in [9.17, 15) is 32.6 Å². The van der Waals surface area contributed by atoms with Crippen LogP contribution < -0.4 is 19.8 Å². The highest BCUT2D eigenvalue weighted by Gasteiger charge is 2.56.